The molecule has 1 saturated heterocycles. The third-order valence-electron chi connectivity index (χ3n) is 5.81. The summed E-state index contributed by atoms with van der Waals surface area (Å²) in [5.74, 6) is 0.135. The number of methoxy groups -OCH3 is 1. The maximum absolute atomic E-state index is 10.6. The summed E-state index contributed by atoms with van der Waals surface area (Å²) in [7, 11) is 1.40. The fourth-order valence-corrected chi connectivity index (χ4v) is 3.98. The molecule has 0 radical (unpaired) electrons. The number of fused-ring (bicyclic) bond motifs is 1. The summed E-state index contributed by atoms with van der Waals surface area (Å²) in [5, 5.41) is 70.2. The number of hydrogen-bond acceptors (Lipinski definition) is 11. The first-order valence-corrected chi connectivity index (χ1v) is 10.3. The van der Waals surface area contributed by atoms with Crippen molar-refractivity contribution in [2.75, 3.05) is 13.7 Å². The Bertz CT molecular complexity index is 995. The van der Waals surface area contributed by atoms with E-state index in [0.29, 0.717) is 11.1 Å². The van der Waals surface area contributed by atoms with Crippen molar-refractivity contribution in [3.8, 4) is 28.7 Å². The molecule has 0 saturated carbocycles. The molecule has 180 valence electrons. The van der Waals surface area contributed by atoms with Crippen molar-refractivity contribution in [3.63, 3.8) is 0 Å². The van der Waals surface area contributed by atoms with Crippen molar-refractivity contribution in [2.45, 2.75) is 49.3 Å². The zero-order valence-electron chi connectivity index (χ0n) is 17.6. The molecular formula is C22H26O11. The second-order valence-corrected chi connectivity index (χ2v) is 7.98. The highest BCUT2D eigenvalue weighted by Gasteiger charge is 2.45. The minimum Gasteiger partial charge on any atom is -0.507 e. The Morgan fingerprint density at radius 3 is 2.42 bits per heavy atom. The minimum atomic E-state index is -1.62. The van der Waals surface area contributed by atoms with Crippen LogP contribution in [0.15, 0.2) is 30.3 Å². The van der Waals surface area contributed by atoms with Gasteiger partial charge in [-0.1, -0.05) is 6.07 Å². The number of phenolic OH excluding ortho intramolecular Hbond substituents is 2. The number of aliphatic hydroxyl groups is 5. The first kappa shape index (κ1) is 23.4. The van der Waals surface area contributed by atoms with Gasteiger partial charge >= 0.3 is 0 Å². The van der Waals surface area contributed by atoms with Gasteiger partial charge in [-0.25, -0.2) is 0 Å². The minimum absolute atomic E-state index is 0.0222. The lowest BCUT2D eigenvalue weighted by Crippen LogP contribution is -2.60. The summed E-state index contributed by atoms with van der Waals surface area (Å²) >= 11 is 0. The van der Waals surface area contributed by atoms with Crippen molar-refractivity contribution < 1.29 is 54.7 Å². The largest absolute Gasteiger partial charge is 0.507 e. The molecule has 33 heavy (non-hydrogen) atoms. The van der Waals surface area contributed by atoms with Gasteiger partial charge in [-0.15, -0.1) is 0 Å². The van der Waals surface area contributed by atoms with Gasteiger partial charge < -0.3 is 54.7 Å². The average molecular weight is 466 g/mol. The summed E-state index contributed by atoms with van der Waals surface area (Å²) in [5.41, 5.74) is 0.869. The fourth-order valence-electron chi connectivity index (χ4n) is 3.98. The van der Waals surface area contributed by atoms with Gasteiger partial charge in [-0.05, 0) is 17.7 Å². The van der Waals surface area contributed by atoms with E-state index in [-0.39, 0.29) is 35.2 Å². The smallest absolute Gasteiger partial charge is 0.229 e. The number of phenols is 2. The van der Waals surface area contributed by atoms with Crippen LogP contribution >= 0.6 is 0 Å². The van der Waals surface area contributed by atoms with Crippen LogP contribution in [-0.4, -0.2) is 86.3 Å². The molecule has 0 aromatic heterocycles. The summed E-state index contributed by atoms with van der Waals surface area (Å²) in [6.45, 7) is -0.612. The summed E-state index contributed by atoms with van der Waals surface area (Å²) in [4.78, 5) is 0. The molecule has 0 spiro atoms. The summed E-state index contributed by atoms with van der Waals surface area (Å²) < 4.78 is 21.9. The SMILES string of the molecule is COc1cc(C2Oc3cc(OC4OC(CO)C(O)C(O)C4O)cc(O)c3CC2O)ccc1O. The Hall–Kier alpha value is -2.80. The number of aromatic hydroxyl groups is 2. The average Bonchev–Trinajstić information content (AvgIpc) is 2.80. The van der Waals surface area contributed by atoms with Crippen LogP contribution in [0.2, 0.25) is 0 Å². The van der Waals surface area contributed by atoms with E-state index < -0.39 is 49.5 Å². The zero-order chi connectivity index (χ0) is 23.9. The van der Waals surface area contributed by atoms with Crippen LogP contribution in [0.5, 0.6) is 28.7 Å². The van der Waals surface area contributed by atoms with E-state index in [2.05, 4.69) is 0 Å². The van der Waals surface area contributed by atoms with Crippen LogP contribution in [0.25, 0.3) is 0 Å². The van der Waals surface area contributed by atoms with Gasteiger partial charge in [0.1, 0.15) is 47.8 Å². The number of benzene rings is 2. The highest BCUT2D eigenvalue weighted by molar-refractivity contribution is 5.52. The first-order valence-electron chi connectivity index (χ1n) is 10.3. The number of ether oxygens (including phenoxy) is 4. The van der Waals surface area contributed by atoms with Gasteiger partial charge in [-0.3, -0.25) is 0 Å². The Morgan fingerprint density at radius 2 is 1.73 bits per heavy atom. The predicted octanol–water partition coefficient (Wildman–Crippen LogP) is -0.678. The molecule has 4 rings (SSSR count). The molecule has 2 aromatic rings. The van der Waals surface area contributed by atoms with E-state index >= 15 is 0 Å². The third kappa shape index (κ3) is 4.38. The van der Waals surface area contributed by atoms with Gasteiger partial charge in [0, 0.05) is 24.1 Å². The third-order valence-corrected chi connectivity index (χ3v) is 5.81. The quantitative estimate of drug-likeness (QED) is 0.297. The Kier molecular flexibility index (Phi) is 6.52. The maximum atomic E-state index is 10.6. The van der Waals surface area contributed by atoms with Crippen LogP contribution in [0.3, 0.4) is 0 Å². The number of rotatable bonds is 5. The molecule has 2 aliphatic heterocycles. The predicted molar refractivity (Wildman–Crippen MR) is 110 cm³/mol. The van der Waals surface area contributed by atoms with Crippen molar-refractivity contribution in [1.29, 1.82) is 0 Å². The van der Waals surface area contributed by atoms with Crippen molar-refractivity contribution >= 4 is 0 Å². The first-order chi connectivity index (χ1) is 15.7. The topological polar surface area (TPSA) is 179 Å². The van der Waals surface area contributed by atoms with Crippen LogP contribution in [0.1, 0.15) is 17.2 Å². The monoisotopic (exact) mass is 466 g/mol. The molecule has 11 heteroatoms. The molecule has 0 amide bonds. The lowest BCUT2D eigenvalue weighted by Gasteiger charge is -2.39. The lowest BCUT2D eigenvalue weighted by molar-refractivity contribution is -0.277. The van der Waals surface area contributed by atoms with Crippen molar-refractivity contribution in [1.82, 2.24) is 0 Å². The normalized spacial score (nSPS) is 31.4. The van der Waals surface area contributed by atoms with Crippen LogP contribution < -0.4 is 14.2 Å². The molecule has 0 aliphatic carbocycles. The van der Waals surface area contributed by atoms with Gasteiger partial charge in [0.15, 0.2) is 11.5 Å². The number of aliphatic hydroxyl groups excluding tert-OH is 5. The van der Waals surface area contributed by atoms with Crippen LogP contribution in [-0.2, 0) is 11.2 Å². The highest BCUT2D eigenvalue weighted by atomic mass is 16.7. The van der Waals surface area contributed by atoms with E-state index in [4.69, 9.17) is 18.9 Å². The van der Waals surface area contributed by atoms with Crippen molar-refractivity contribution in [3.05, 3.63) is 41.5 Å². The molecule has 11 nitrogen and oxygen atoms in total. The molecule has 2 aliphatic rings. The Labute approximate surface area is 188 Å². The number of hydrogen-bond donors (Lipinski definition) is 7. The molecule has 7 atom stereocenters. The second kappa shape index (κ2) is 9.21. The van der Waals surface area contributed by atoms with Gasteiger partial charge in [-0.2, -0.15) is 0 Å². The van der Waals surface area contributed by atoms with E-state index in [1.807, 2.05) is 0 Å². The summed E-state index contributed by atoms with van der Waals surface area (Å²) in [6.07, 6.45) is -9.15. The van der Waals surface area contributed by atoms with Crippen LogP contribution in [0, 0.1) is 0 Å². The molecule has 0 bridgehead atoms. The van der Waals surface area contributed by atoms with Crippen molar-refractivity contribution in [2.24, 2.45) is 0 Å². The van der Waals surface area contributed by atoms with Gasteiger partial charge in [0.25, 0.3) is 0 Å². The molecule has 2 heterocycles. The van der Waals surface area contributed by atoms with E-state index in [1.54, 1.807) is 6.07 Å². The lowest BCUT2D eigenvalue weighted by atomic mass is 9.94. The zero-order valence-corrected chi connectivity index (χ0v) is 17.6. The fraction of sp³-hybridized carbons (Fsp3) is 0.455. The Morgan fingerprint density at radius 1 is 0.970 bits per heavy atom. The van der Waals surface area contributed by atoms with E-state index in [9.17, 15) is 35.7 Å². The van der Waals surface area contributed by atoms with Gasteiger partial charge in [0.05, 0.1) is 19.8 Å². The summed E-state index contributed by atoms with van der Waals surface area (Å²) in [6, 6.07) is 7.18. The molecule has 1 fully saturated rings. The standard InChI is InChI=1S/C22H26O11/c1-30-16-4-9(2-3-12(16)24)21-14(26)7-11-13(25)5-10(6-15(11)32-21)31-22-20(29)19(28)18(27)17(8-23)33-22/h2-6,14,17-29H,7-8H2,1H3. The Balaban J connectivity index is 1.59. The van der Waals surface area contributed by atoms with E-state index in [1.165, 1.54) is 31.4 Å². The van der Waals surface area contributed by atoms with E-state index in [0.717, 1.165) is 0 Å². The van der Waals surface area contributed by atoms with Crippen LogP contribution in [0.4, 0.5) is 0 Å². The maximum Gasteiger partial charge on any atom is 0.229 e. The molecule has 7 unspecified atom stereocenters. The molecular weight excluding hydrogens is 440 g/mol. The van der Waals surface area contributed by atoms with Gasteiger partial charge in [0.2, 0.25) is 6.29 Å². The molecule has 2 aromatic carbocycles. The highest BCUT2D eigenvalue weighted by Crippen LogP contribution is 2.43. The second-order valence-electron chi connectivity index (χ2n) is 7.98. The molecule has 7 N–H and O–H groups in total.